The second-order valence-corrected chi connectivity index (χ2v) is 5.15. The Bertz CT molecular complexity index is 669. The molecule has 2 aromatic heterocycles. The first-order valence-corrected chi connectivity index (χ1v) is 7.04. The van der Waals surface area contributed by atoms with E-state index in [4.69, 9.17) is 9.47 Å². The van der Waals surface area contributed by atoms with Gasteiger partial charge in [0.2, 0.25) is 0 Å². The Hall–Kier alpha value is -2.21. The van der Waals surface area contributed by atoms with Crippen LogP contribution in [0.2, 0.25) is 0 Å². The lowest BCUT2D eigenvalue weighted by Gasteiger charge is -2.09. The third-order valence-electron chi connectivity index (χ3n) is 2.97. The van der Waals surface area contributed by atoms with Crippen LogP contribution in [0.15, 0.2) is 36.0 Å². The maximum atomic E-state index is 5.25. The number of fused-ring (bicyclic) bond motifs is 1. The van der Waals surface area contributed by atoms with Crippen LogP contribution in [-0.2, 0) is 6.54 Å². The fourth-order valence-electron chi connectivity index (χ4n) is 1.96. The topological polar surface area (TPSA) is 47.8 Å². The first-order chi connectivity index (χ1) is 9.78. The van der Waals surface area contributed by atoms with Crippen molar-refractivity contribution in [2.24, 2.45) is 0 Å². The summed E-state index contributed by atoms with van der Waals surface area (Å²) in [6.07, 6.45) is 4.03. The largest absolute Gasteiger partial charge is 0.497 e. The third kappa shape index (κ3) is 2.55. The van der Waals surface area contributed by atoms with Crippen LogP contribution in [0.5, 0.6) is 11.5 Å². The number of nitrogens with one attached hydrogen (secondary N) is 1. The van der Waals surface area contributed by atoms with Crippen LogP contribution in [0, 0.1) is 0 Å². The van der Waals surface area contributed by atoms with Crippen molar-refractivity contribution in [3.8, 4) is 11.5 Å². The van der Waals surface area contributed by atoms with Gasteiger partial charge < -0.3 is 14.8 Å². The van der Waals surface area contributed by atoms with Crippen LogP contribution >= 0.6 is 11.3 Å². The fraction of sp³-hybridized carbons (Fsp3) is 0.214. The molecule has 0 saturated carbocycles. The number of hydrogen-bond donors (Lipinski definition) is 1. The lowest BCUT2D eigenvalue weighted by Crippen LogP contribution is -2.00. The highest BCUT2D eigenvalue weighted by Crippen LogP contribution is 2.26. The van der Waals surface area contributed by atoms with Crippen LogP contribution in [0.3, 0.4) is 0 Å². The second kappa shape index (κ2) is 5.42. The summed E-state index contributed by atoms with van der Waals surface area (Å²) in [5.74, 6) is 1.52. The van der Waals surface area contributed by atoms with Crippen molar-refractivity contribution in [3.05, 3.63) is 41.7 Å². The van der Waals surface area contributed by atoms with Crippen molar-refractivity contribution in [2.75, 3.05) is 19.5 Å². The summed E-state index contributed by atoms with van der Waals surface area (Å²) < 4.78 is 12.5. The Kier molecular flexibility index (Phi) is 3.47. The first kappa shape index (κ1) is 12.8. The number of anilines is 1. The normalized spacial score (nSPS) is 10.7. The number of ether oxygens (including phenoxy) is 2. The summed E-state index contributed by atoms with van der Waals surface area (Å²) >= 11 is 1.63. The Morgan fingerprint density at radius 1 is 1.20 bits per heavy atom. The van der Waals surface area contributed by atoms with Gasteiger partial charge in [0.25, 0.3) is 0 Å². The van der Waals surface area contributed by atoms with Gasteiger partial charge in [0.05, 0.1) is 26.5 Å². The number of hydrogen-bond acceptors (Lipinski definition) is 5. The summed E-state index contributed by atoms with van der Waals surface area (Å²) in [5.41, 5.74) is 1.94. The van der Waals surface area contributed by atoms with E-state index in [9.17, 15) is 0 Å². The predicted octanol–water partition coefficient (Wildman–Crippen LogP) is 3.03. The van der Waals surface area contributed by atoms with Crippen molar-refractivity contribution in [2.45, 2.75) is 6.54 Å². The molecule has 2 heterocycles. The molecule has 1 N–H and O–H groups in total. The molecule has 20 heavy (non-hydrogen) atoms. The fourth-order valence-corrected chi connectivity index (χ4v) is 2.68. The van der Waals surface area contributed by atoms with E-state index in [0.717, 1.165) is 27.8 Å². The zero-order valence-corrected chi connectivity index (χ0v) is 12.1. The molecule has 3 rings (SSSR count). The van der Waals surface area contributed by atoms with Gasteiger partial charge in [-0.15, -0.1) is 11.3 Å². The number of aromatic nitrogens is 2. The maximum Gasteiger partial charge on any atom is 0.193 e. The molecule has 0 bridgehead atoms. The molecule has 1 aromatic carbocycles. The van der Waals surface area contributed by atoms with Gasteiger partial charge in [-0.3, -0.25) is 4.40 Å². The number of nitrogens with zero attached hydrogens (tertiary/aromatic N) is 2. The van der Waals surface area contributed by atoms with Gasteiger partial charge in [0, 0.05) is 41.7 Å². The van der Waals surface area contributed by atoms with Crippen LogP contribution in [0.25, 0.3) is 4.96 Å². The summed E-state index contributed by atoms with van der Waals surface area (Å²) in [7, 11) is 3.28. The average Bonchev–Trinajstić information content (AvgIpc) is 3.05. The van der Waals surface area contributed by atoms with E-state index in [0.29, 0.717) is 6.54 Å². The molecule has 3 aromatic rings. The number of rotatable bonds is 5. The lowest BCUT2D eigenvalue weighted by atomic mass is 10.2. The number of benzene rings is 1. The second-order valence-electron chi connectivity index (χ2n) is 4.28. The van der Waals surface area contributed by atoms with Crippen LogP contribution in [-0.4, -0.2) is 23.6 Å². The first-order valence-electron chi connectivity index (χ1n) is 6.16. The van der Waals surface area contributed by atoms with Gasteiger partial charge in [-0.25, -0.2) is 4.98 Å². The lowest BCUT2D eigenvalue weighted by molar-refractivity contribution is 0.394. The quantitative estimate of drug-likeness (QED) is 0.784. The van der Waals surface area contributed by atoms with Crippen molar-refractivity contribution in [3.63, 3.8) is 0 Å². The standard InChI is InChI=1S/C14H15N3O2S/c1-18-12-5-10(6-13(7-12)19-2)15-8-11-9-17-3-4-20-14(17)16-11/h3-7,9,15H,8H2,1-2H3. The van der Waals surface area contributed by atoms with E-state index in [1.165, 1.54) is 0 Å². The molecular formula is C14H15N3O2S. The number of methoxy groups -OCH3 is 2. The Morgan fingerprint density at radius 2 is 1.95 bits per heavy atom. The monoisotopic (exact) mass is 289 g/mol. The predicted molar refractivity (Wildman–Crippen MR) is 79.9 cm³/mol. The molecule has 0 fully saturated rings. The zero-order chi connectivity index (χ0) is 13.9. The van der Waals surface area contributed by atoms with Crippen molar-refractivity contribution in [1.82, 2.24) is 9.38 Å². The summed E-state index contributed by atoms with van der Waals surface area (Å²) in [5, 5.41) is 5.35. The molecule has 0 unspecified atom stereocenters. The summed E-state index contributed by atoms with van der Waals surface area (Å²) in [6.45, 7) is 0.657. The third-order valence-corrected chi connectivity index (χ3v) is 3.74. The molecule has 104 valence electrons. The summed E-state index contributed by atoms with van der Waals surface area (Å²) in [4.78, 5) is 5.53. The molecule has 0 aliphatic heterocycles. The van der Waals surface area contributed by atoms with Crippen molar-refractivity contribution in [1.29, 1.82) is 0 Å². The molecule has 0 aliphatic carbocycles. The molecule has 5 nitrogen and oxygen atoms in total. The van der Waals surface area contributed by atoms with Gasteiger partial charge in [-0.05, 0) is 0 Å². The average molecular weight is 289 g/mol. The summed E-state index contributed by atoms with van der Waals surface area (Å²) in [6, 6.07) is 5.71. The minimum absolute atomic E-state index is 0.657. The maximum absolute atomic E-state index is 5.25. The molecule has 0 aliphatic rings. The SMILES string of the molecule is COc1cc(NCc2cn3ccsc3n2)cc(OC)c1. The Morgan fingerprint density at radius 3 is 2.60 bits per heavy atom. The van der Waals surface area contributed by atoms with Crippen molar-refractivity contribution < 1.29 is 9.47 Å². The highest BCUT2D eigenvalue weighted by molar-refractivity contribution is 7.15. The zero-order valence-electron chi connectivity index (χ0n) is 11.3. The van der Waals surface area contributed by atoms with E-state index in [2.05, 4.69) is 10.3 Å². The number of imidazole rings is 1. The van der Waals surface area contributed by atoms with Crippen LogP contribution in [0.1, 0.15) is 5.69 Å². The molecule has 0 spiro atoms. The van der Waals surface area contributed by atoms with Gasteiger partial charge in [0.1, 0.15) is 11.5 Å². The molecule has 6 heteroatoms. The molecular weight excluding hydrogens is 274 g/mol. The molecule has 0 saturated heterocycles. The molecule has 0 radical (unpaired) electrons. The van der Waals surface area contributed by atoms with E-state index in [-0.39, 0.29) is 0 Å². The van der Waals surface area contributed by atoms with E-state index in [1.54, 1.807) is 25.6 Å². The van der Waals surface area contributed by atoms with Crippen LogP contribution in [0.4, 0.5) is 5.69 Å². The van der Waals surface area contributed by atoms with Gasteiger partial charge >= 0.3 is 0 Å². The Balaban J connectivity index is 1.75. The highest BCUT2D eigenvalue weighted by Gasteiger charge is 2.04. The minimum Gasteiger partial charge on any atom is -0.497 e. The van der Waals surface area contributed by atoms with E-state index >= 15 is 0 Å². The highest BCUT2D eigenvalue weighted by atomic mass is 32.1. The Labute approximate surface area is 120 Å². The molecule has 0 atom stereocenters. The van der Waals surface area contributed by atoms with E-state index in [1.807, 2.05) is 40.4 Å². The van der Waals surface area contributed by atoms with Gasteiger partial charge in [-0.1, -0.05) is 0 Å². The van der Waals surface area contributed by atoms with Crippen molar-refractivity contribution >= 4 is 22.0 Å². The number of thiazole rings is 1. The molecule has 0 amide bonds. The van der Waals surface area contributed by atoms with Crippen LogP contribution < -0.4 is 14.8 Å². The van der Waals surface area contributed by atoms with E-state index < -0.39 is 0 Å². The van der Waals surface area contributed by atoms with Gasteiger partial charge in [0.15, 0.2) is 4.96 Å². The minimum atomic E-state index is 0.657. The van der Waals surface area contributed by atoms with Gasteiger partial charge in [-0.2, -0.15) is 0 Å². The smallest absolute Gasteiger partial charge is 0.193 e.